The van der Waals surface area contributed by atoms with E-state index in [-0.39, 0.29) is 18.2 Å². The minimum Gasteiger partial charge on any atom is -0.457 e. The van der Waals surface area contributed by atoms with E-state index >= 15 is 0 Å². The summed E-state index contributed by atoms with van der Waals surface area (Å²) in [5.41, 5.74) is 1.28. The molecule has 1 unspecified atom stereocenters. The number of rotatable bonds is 6. The number of likely N-dealkylation sites (tertiary alicyclic amines) is 1. The number of ether oxygens (including phenoxy) is 1. The van der Waals surface area contributed by atoms with E-state index < -0.39 is 0 Å². The SMILES string of the molecule is CNCC1CCN(Cc2ccc(Oc3cccc(F)c3)cc2)C1.Cl. The Hall–Kier alpha value is -1.62. The Bertz CT molecular complexity index is 636. The molecule has 5 heteroatoms. The van der Waals surface area contributed by atoms with Gasteiger partial charge in [0.1, 0.15) is 17.3 Å². The van der Waals surface area contributed by atoms with Gasteiger partial charge in [-0.1, -0.05) is 18.2 Å². The molecular weight excluding hydrogens is 327 g/mol. The van der Waals surface area contributed by atoms with Crippen molar-refractivity contribution in [3.63, 3.8) is 0 Å². The van der Waals surface area contributed by atoms with Gasteiger partial charge in [-0.3, -0.25) is 4.90 Å². The normalized spacial score (nSPS) is 17.5. The van der Waals surface area contributed by atoms with Crippen molar-refractivity contribution in [2.24, 2.45) is 5.92 Å². The fourth-order valence-corrected chi connectivity index (χ4v) is 3.10. The number of hydrogen-bond donors (Lipinski definition) is 1. The lowest BCUT2D eigenvalue weighted by atomic mass is 10.1. The molecule has 1 heterocycles. The van der Waals surface area contributed by atoms with Gasteiger partial charge in [-0.15, -0.1) is 12.4 Å². The standard InChI is InChI=1S/C19H23FN2O.ClH/c1-21-12-16-9-10-22(14-16)13-15-5-7-18(8-6-15)23-19-4-2-3-17(20)11-19;/h2-8,11,16,21H,9-10,12-14H2,1H3;1H. The van der Waals surface area contributed by atoms with Crippen LogP contribution in [0, 0.1) is 11.7 Å². The van der Waals surface area contributed by atoms with Crippen molar-refractivity contribution < 1.29 is 9.13 Å². The molecule has 0 saturated carbocycles. The predicted molar refractivity (Wildman–Crippen MR) is 97.5 cm³/mol. The maximum Gasteiger partial charge on any atom is 0.130 e. The molecule has 3 rings (SSSR count). The van der Waals surface area contributed by atoms with E-state index in [1.807, 2.05) is 19.2 Å². The summed E-state index contributed by atoms with van der Waals surface area (Å²) >= 11 is 0. The molecule has 2 aromatic rings. The van der Waals surface area contributed by atoms with E-state index in [4.69, 9.17) is 4.74 Å². The molecule has 1 aliphatic rings. The minimum atomic E-state index is -0.288. The van der Waals surface area contributed by atoms with E-state index in [9.17, 15) is 4.39 Å². The number of nitrogens with zero attached hydrogens (tertiary/aromatic N) is 1. The van der Waals surface area contributed by atoms with Crippen molar-refractivity contribution in [3.8, 4) is 11.5 Å². The Morgan fingerprint density at radius 1 is 1.17 bits per heavy atom. The summed E-state index contributed by atoms with van der Waals surface area (Å²) in [5, 5.41) is 3.26. The first-order valence-corrected chi connectivity index (χ1v) is 8.12. The van der Waals surface area contributed by atoms with E-state index in [2.05, 4.69) is 22.3 Å². The molecule has 0 spiro atoms. The van der Waals surface area contributed by atoms with Crippen LogP contribution in [0.2, 0.25) is 0 Å². The van der Waals surface area contributed by atoms with Gasteiger partial charge in [0.25, 0.3) is 0 Å². The highest BCUT2D eigenvalue weighted by Crippen LogP contribution is 2.23. The average Bonchev–Trinajstić information content (AvgIpc) is 2.97. The van der Waals surface area contributed by atoms with E-state index in [0.29, 0.717) is 5.75 Å². The molecule has 24 heavy (non-hydrogen) atoms. The molecule has 1 saturated heterocycles. The Morgan fingerprint density at radius 3 is 2.67 bits per heavy atom. The Balaban J connectivity index is 0.00000208. The number of nitrogens with one attached hydrogen (secondary N) is 1. The zero-order valence-corrected chi connectivity index (χ0v) is 14.7. The van der Waals surface area contributed by atoms with Gasteiger partial charge in [0, 0.05) is 19.2 Å². The molecular formula is C19H24ClFN2O. The molecule has 130 valence electrons. The first-order valence-electron chi connectivity index (χ1n) is 8.12. The Labute approximate surface area is 149 Å². The molecule has 0 radical (unpaired) electrons. The zero-order valence-electron chi connectivity index (χ0n) is 13.9. The molecule has 2 aromatic carbocycles. The summed E-state index contributed by atoms with van der Waals surface area (Å²) in [5.74, 6) is 1.72. The van der Waals surface area contributed by atoms with Crippen molar-refractivity contribution in [2.75, 3.05) is 26.7 Å². The lowest BCUT2D eigenvalue weighted by Gasteiger charge is -2.16. The average molecular weight is 351 g/mol. The van der Waals surface area contributed by atoms with Gasteiger partial charge in [0.2, 0.25) is 0 Å². The molecule has 1 N–H and O–H groups in total. The molecule has 1 atom stereocenters. The lowest BCUT2D eigenvalue weighted by molar-refractivity contribution is 0.315. The van der Waals surface area contributed by atoms with Gasteiger partial charge in [0.05, 0.1) is 0 Å². The first-order chi connectivity index (χ1) is 11.2. The second-order valence-corrected chi connectivity index (χ2v) is 6.15. The van der Waals surface area contributed by atoms with Crippen LogP contribution in [0.1, 0.15) is 12.0 Å². The topological polar surface area (TPSA) is 24.5 Å². The fourth-order valence-electron chi connectivity index (χ4n) is 3.10. The van der Waals surface area contributed by atoms with Crippen LogP contribution in [0.3, 0.4) is 0 Å². The van der Waals surface area contributed by atoms with Crippen LogP contribution in [0.4, 0.5) is 4.39 Å². The van der Waals surface area contributed by atoms with Crippen LogP contribution in [0.15, 0.2) is 48.5 Å². The van der Waals surface area contributed by atoms with Crippen LogP contribution in [-0.4, -0.2) is 31.6 Å². The van der Waals surface area contributed by atoms with Gasteiger partial charge in [-0.25, -0.2) is 4.39 Å². The van der Waals surface area contributed by atoms with Crippen molar-refractivity contribution >= 4 is 12.4 Å². The quantitative estimate of drug-likeness (QED) is 0.849. The largest absolute Gasteiger partial charge is 0.457 e. The maximum absolute atomic E-state index is 13.2. The molecule has 0 aromatic heterocycles. The van der Waals surface area contributed by atoms with Crippen LogP contribution in [0.25, 0.3) is 0 Å². The maximum atomic E-state index is 13.2. The minimum absolute atomic E-state index is 0. The molecule has 3 nitrogen and oxygen atoms in total. The molecule has 0 amide bonds. The molecule has 1 fully saturated rings. The monoisotopic (exact) mass is 350 g/mol. The third kappa shape index (κ3) is 5.20. The second kappa shape index (κ2) is 9.02. The van der Waals surface area contributed by atoms with Crippen LogP contribution >= 0.6 is 12.4 Å². The number of halogens is 2. The number of hydrogen-bond acceptors (Lipinski definition) is 3. The summed E-state index contributed by atoms with van der Waals surface area (Å²) < 4.78 is 18.8. The summed E-state index contributed by atoms with van der Waals surface area (Å²) in [6, 6.07) is 14.3. The first kappa shape index (κ1) is 18.7. The smallest absolute Gasteiger partial charge is 0.130 e. The van der Waals surface area contributed by atoms with Crippen molar-refractivity contribution in [2.45, 2.75) is 13.0 Å². The van der Waals surface area contributed by atoms with Crippen LogP contribution in [0.5, 0.6) is 11.5 Å². The summed E-state index contributed by atoms with van der Waals surface area (Å²) in [6.45, 7) is 4.38. The number of benzene rings is 2. The van der Waals surface area contributed by atoms with Crippen LogP contribution < -0.4 is 10.1 Å². The Morgan fingerprint density at radius 2 is 1.96 bits per heavy atom. The van der Waals surface area contributed by atoms with Gasteiger partial charge in [-0.05, 0) is 62.3 Å². The van der Waals surface area contributed by atoms with Crippen LogP contribution in [-0.2, 0) is 6.54 Å². The molecule has 0 aliphatic carbocycles. The summed E-state index contributed by atoms with van der Waals surface area (Å²) in [4.78, 5) is 2.49. The highest BCUT2D eigenvalue weighted by atomic mass is 35.5. The van der Waals surface area contributed by atoms with Gasteiger partial charge in [-0.2, -0.15) is 0 Å². The van der Waals surface area contributed by atoms with Crippen molar-refractivity contribution in [1.29, 1.82) is 0 Å². The Kier molecular flexibility index (Phi) is 7.03. The van der Waals surface area contributed by atoms with Crippen molar-refractivity contribution in [3.05, 3.63) is 59.9 Å². The van der Waals surface area contributed by atoms with E-state index in [1.165, 1.54) is 24.1 Å². The summed E-state index contributed by atoms with van der Waals surface area (Å²) in [6.07, 6.45) is 1.27. The van der Waals surface area contributed by atoms with E-state index in [0.717, 1.165) is 37.8 Å². The molecule has 1 aliphatic heterocycles. The second-order valence-electron chi connectivity index (χ2n) is 6.15. The fraction of sp³-hybridized carbons (Fsp3) is 0.368. The zero-order chi connectivity index (χ0) is 16.1. The van der Waals surface area contributed by atoms with Gasteiger partial charge < -0.3 is 10.1 Å². The summed E-state index contributed by atoms with van der Waals surface area (Å²) in [7, 11) is 2.01. The molecule has 0 bridgehead atoms. The highest BCUT2D eigenvalue weighted by molar-refractivity contribution is 5.85. The third-order valence-corrected chi connectivity index (χ3v) is 4.22. The van der Waals surface area contributed by atoms with Gasteiger partial charge >= 0.3 is 0 Å². The third-order valence-electron chi connectivity index (χ3n) is 4.22. The predicted octanol–water partition coefficient (Wildman–Crippen LogP) is 4.08. The lowest BCUT2D eigenvalue weighted by Crippen LogP contribution is -2.24. The van der Waals surface area contributed by atoms with E-state index in [1.54, 1.807) is 12.1 Å². The van der Waals surface area contributed by atoms with Gasteiger partial charge in [0.15, 0.2) is 0 Å². The van der Waals surface area contributed by atoms with Crippen molar-refractivity contribution in [1.82, 2.24) is 10.2 Å². The highest BCUT2D eigenvalue weighted by Gasteiger charge is 2.21.